The lowest BCUT2D eigenvalue weighted by Crippen LogP contribution is -2.22. The number of anilines is 2. The summed E-state index contributed by atoms with van der Waals surface area (Å²) >= 11 is 3.17. The second-order valence-electron chi connectivity index (χ2n) is 4.89. The second-order valence-corrected chi connectivity index (χ2v) is 5.81. The van der Waals surface area contributed by atoms with Gasteiger partial charge in [0.05, 0.1) is 18.8 Å². The molecule has 0 saturated heterocycles. The zero-order chi connectivity index (χ0) is 17.4. The van der Waals surface area contributed by atoms with E-state index < -0.39 is 5.82 Å². The van der Waals surface area contributed by atoms with E-state index >= 15 is 0 Å². The fraction of sp³-hybridized carbons (Fsp3) is 0.235. The zero-order valence-electron chi connectivity index (χ0n) is 13.1. The summed E-state index contributed by atoms with van der Waals surface area (Å²) in [5.74, 6) is -0.162. The third kappa shape index (κ3) is 5.82. The molecule has 2 rings (SSSR count). The predicted molar refractivity (Wildman–Crippen MR) is 95.0 cm³/mol. The van der Waals surface area contributed by atoms with E-state index in [0.29, 0.717) is 23.4 Å². The Kier molecular flexibility index (Phi) is 7.02. The van der Waals surface area contributed by atoms with Crippen molar-refractivity contribution >= 4 is 33.2 Å². The second kappa shape index (κ2) is 9.24. The number of hydrogen-bond donors (Lipinski definition) is 2. The summed E-state index contributed by atoms with van der Waals surface area (Å²) in [6.07, 6.45) is 0. The van der Waals surface area contributed by atoms with Gasteiger partial charge in [0.15, 0.2) is 0 Å². The van der Waals surface area contributed by atoms with Gasteiger partial charge in [-0.25, -0.2) is 4.39 Å². The molecule has 24 heavy (non-hydrogen) atoms. The van der Waals surface area contributed by atoms with Gasteiger partial charge in [0.25, 0.3) is 0 Å². The highest BCUT2D eigenvalue weighted by Gasteiger charge is 2.07. The number of rotatable bonds is 8. The van der Waals surface area contributed by atoms with Crippen LogP contribution in [0.15, 0.2) is 46.9 Å². The molecule has 7 heteroatoms. The van der Waals surface area contributed by atoms with Crippen molar-refractivity contribution < 1.29 is 18.7 Å². The molecular weight excluding hydrogens is 379 g/mol. The minimum absolute atomic E-state index is 0.0109. The van der Waals surface area contributed by atoms with E-state index in [0.717, 1.165) is 5.69 Å². The van der Waals surface area contributed by atoms with Gasteiger partial charge in [-0.2, -0.15) is 0 Å². The van der Waals surface area contributed by atoms with E-state index in [2.05, 4.69) is 26.6 Å². The number of nitrogens with one attached hydrogen (secondary N) is 2. The average Bonchev–Trinajstić information content (AvgIpc) is 2.56. The molecule has 2 aromatic rings. The lowest BCUT2D eigenvalue weighted by atomic mass is 10.3. The third-order valence-electron chi connectivity index (χ3n) is 3.05. The SMILES string of the molecule is COCCOc1cccc(NCC(=O)Nc2ccc(Br)cc2F)c1. The van der Waals surface area contributed by atoms with Crippen molar-refractivity contribution in [1.82, 2.24) is 0 Å². The van der Waals surface area contributed by atoms with Gasteiger partial charge < -0.3 is 20.1 Å². The molecule has 2 N–H and O–H groups in total. The Balaban J connectivity index is 1.86. The number of hydrogen-bond acceptors (Lipinski definition) is 4. The van der Waals surface area contributed by atoms with Crippen molar-refractivity contribution in [2.24, 2.45) is 0 Å². The highest BCUT2D eigenvalue weighted by atomic mass is 79.9. The number of amides is 1. The topological polar surface area (TPSA) is 59.6 Å². The van der Waals surface area contributed by atoms with E-state index in [1.165, 1.54) is 12.1 Å². The van der Waals surface area contributed by atoms with Crippen molar-refractivity contribution in [2.45, 2.75) is 0 Å². The fourth-order valence-corrected chi connectivity index (χ4v) is 2.24. The predicted octanol–water partition coefficient (Wildman–Crippen LogP) is 3.66. The van der Waals surface area contributed by atoms with Gasteiger partial charge >= 0.3 is 0 Å². The van der Waals surface area contributed by atoms with Crippen LogP contribution in [-0.2, 0) is 9.53 Å². The Morgan fingerprint density at radius 3 is 2.79 bits per heavy atom. The summed E-state index contributed by atoms with van der Waals surface area (Å²) in [7, 11) is 1.61. The van der Waals surface area contributed by atoms with Crippen LogP contribution < -0.4 is 15.4 Å². The molecule has 0 aliphatic heterocycles. The summed E-state index contributed by atoms with van der Waals surface area (Å²) in [6.45, 7) is 0.957. The van der Waals surface area contributed by atoms with Gasteiger partial charge in [-0.1, -0.05) is 22.0 Å². The lowest BCUT2D eigenvalue weighted by Gasteiger charge is -2.10. The molecular formula is C17H18BrFN2O3. The maximum atomic E-state index is 13.7. The first-order valence-corrected chi connectivity index (χ1v) is 8.08. The number of halogens is 2. The number of ether oxygens (including phenoxy) is 2. The van der Waals surface area contributed by atoms with E-state index in [1.807, 2.05) is 18.2 Å². The van der Waals surface area contributed by atoms with Crippen LogP contribution >= 0.6 is 15.9 Å². The smallest absolute Gasteiger partial charge is 0.243 e. The summed E-state index contributed by atoms with van der Waals surface area (Å²) in [6, 6.07) is 11.7. The number of carbonyl (C=O) groups excluding carboxylic acids is 1. The van der Waals surface area contributed by atoms with Crippen LogP contribution in [0.2, 0.25) is 0 Å². The van der Waals surface area contributed by atoms with Gasteiger partial charge in [-0.05, 0) is 30.3 Å². The Morgan fingerprint density at radius 2 is 2.04 bits per heavy atom. The zero-order valence-corrected chi connectivity index (χ0v) is 14.7. The summed E-state index contributed by atoms with van der Waals surface area (Å²) in [5, 5.41) is 5.49. The Labute approximate surface area is 148 Å². The van der Waals surface area contributed by atoms with Crippen LogP contribution in [0, 0.1) is 5.82 Å². The Bertz CT molecular complexity index is 697. The molecule has 0 fully saturated rings. The minimum atomic E-state index is -0.494. The number of methoxy groups -OCH3 is 1. The normalized spacial score (nSPS) is 10.3. The monoisotopic (exact) mass is 396 g/mol. The molecule has 5 nitrogen and oxygen atoms in total. The van der Waals surface area contributed by atoms with E-state index in [1.54, 1.807) is 19.2 Å². The van der Waals surface area contributed by atoms with E-state index in [9.17, 15) is 9.18 Å². The largest absolute Gasteiger partial charge is 0.491 e. The molecule has 0 radical (unpaired) electrons. The number of benzene rings is 2. The average molecular weight is 397 g/mol. The van der Waals surface area contributed by atoms with Crippen molar-refractivity contribution in [2.75, 3.05) is 37.5 Å². The molecule has 128 valence electrons. The highest BCUT2D eigenvalue weighted by molar-refractivity contribution is 9.10. The van der Waals surface area contributed by atoms with Gasteiger partial charge in [0.2, 0.25) is 5.91 Å². The van der Waals surface area contributed by atoms with Crippen molar-refractivity contribution in [3.05, 3.63) is 52.8 Å². The molecule has 2 aromatic carbocycles. The maximum Gasteiger partial charge on any atom is 0.243 e. The Hall–Kier alpha value is -2.12. The van der Waals surface area contributed by atoms with Gasteiger partial charge in [-0.15, -0.1) is 0 Å². The molecule has 0 aromatic heterocycles. The quantitative estimate of drug-likeness (QED) is 0.668. The van der Waals surface area contributed by atoms with E-state index in [4.69, 9.17) is 9.47 Å². The van der Waals surface area contributed by atoms with Crippen LogP contribution in [0.25, 0.3) is 0 Å². The highest BCUT2D eigenvalue weighted by Crippen LogP contribution is 2.20. The van der Waals surface area contributed by atoms with E-state index in [-0.39, 0.29) is 18.1 Å². The van der Waals surface area contributed by atoms with Crippen LogP contribution in [0.3, 0.4) is 0 Å². The molecule has 0 atom stereocenters. The van der Waals surface area contributed by atoms with Crippen molar-refractivity contribution in [1.29, 1.82) is 0 Å². The molecule has 0 unspecified atom stereocenters. The van der Waals surface area contributed by atoms with Crippen LogP contribution in [0.1, 0.15) is 0 Å². The molecule has 0 saturated carbocycles. The van der Waals surface area contributed by atoms with Crippen molar-refractivity contribution in [3.63, 3.8) is 0 Å². The van der Waals surface area contributed by atoms with Gasteiger partial charge in [0, 0.05) is 23.3 Å². The first-order valence-electron chi connectivity index (χ1n) is 7.29. The first kappa shape index (κ1) is 18.2. The molecule has 0 spiro atoms. The maximum absolute atomic E-state index is 13.7. The minimum Gasteiger partial charge on any atom is -0.491 e. The Morgan fingerprint density at radius 1 is 1.21 bits per heavy atom. The molecule has 1 amide bonds. The van der Waals surface area contributed by atoms with Crippen molar-refractivity contribution in [3.8, 4) is 5.75 Å². The fourth-order valence-electron chi connectivity index (χ4n) is 1.91. The lowest BCUT2D eigenvalue weighted by molar-refractivity contribution is -0.114. The molecule has 0 aliphatic rings. The van der Waals surface area contributed by atoms with Crippen LogP contribution in [0.5, 0.6) is 5.75 Å². The summed E-state index contributed by atoms with van der Waals surface area (Å²) < 4.78 is 24.7. The molecule has 0 heterocycles. The third-order valence-corrected chi connectivity index (χ3v) is 3.54. The summed E-state index contributed by atoms with van der Waals surface area (Å²) in [5.41, 5.74) is 0.873. The standard InChI is InChI=1S/C17H18BrFN2O3/c1-23-7-8-24-14-4-2-3-13(10-14)20-11-17(22)21-16-6-5-12(18)9-15(16)19/h2-6,9-10,20H,7-8,11H2,1H3,(H,21,22). The van der Waals surface area contributed by atoms with Crippen LogP contribution in [0.4, 0.5) is 15.8 Å². The first-order chi connectivity index (χ1) is 11.6. The van der Waals surface area contributed by atoms with Crippen LogP contribution in [-0.4, -0.2) is 32.8 Å². The van der Waals surface area contributed by atoms with Gasteiger partial charge in [0.1, 0.15) is 18.2 Å². The van der Waals surface area contributed by atoms with Gasteiger partial charge in [-0.3, -0.25) is 4.79 Å². The number of carbonyl (C=O) groups is 1. The summed E-state index contributed by atoms with van der Waals surface area (Å²) in [4.78, 5) is 11.9. The molecule has 0 aliphatic carbocycles. The molecule has 0 bridgehead atoms.